The van der Waals surface area contributed by atoms with Crippen LogP contribution in [0.2, 0.25) is 0 Å². The average molecular weight is 453 g/mol. The molecule has 3 unspecified atom stereocenters. The number of thioether (sulfide) groups is 1. The van der Waals surface area contributed by atoms with E-state index in [2.05, 4.69) is 16.1 Å². The number of carboxylic acids is 1. The van der Waals surface area contributed by atoms with Crippen LogP contribution in [-0.2, 0) is 23.9 Å². The fourth-order valence-electron chi connectivity index (χ4n) is 2.50. The van der Waals surface area contributed by atoms with Crippen molar-refractivity contribution >= 4 is 46.0 Å². The van der Waals surface area contributed by atoms with Crippen LogP contribution in [0.1, 0.15) is 31.7 Å². The monoisotopic (exact) mass is 452 g/mol. The normalized spacial score (nSPS) is 14.5. The van der Waals surface area contributed by atoms with Gasteiger partial charge in [0.05, 0.1) is 28.0 Å². The molecule has 0 aromatic heterocycles. The highest BCUT2D eigenvalue weighted by molar-refractivity contribution is 8.24. The first kappa shape index (κ1) is 25.6. The molecule has 0 fully saturated rings. The molecule has 1 rings (SSSR count). The Kier molecular flexibility index (Phi) is 10.5. The van der Waals surface area contributed by atoms with E-state index >= 15 is 0 Å². The molecule has 0 aliphatic carbocycles. The van der Waals surface area contributed by atoms with Crippen molar-refractivity contribution in [1.82, 2.24) is 5.32 Å². The van der Waals surface area contributed by atoms with Crippen LogP contribution in [0, 0.1) is 16.7 Å². The number of hydrogen-bond donors (Lipinski definition) is 2. The number of hydrogen-bond acceptors (Lipinski definition) is 8. The van der Waals surface area contributed by atoms with Crippen LogP contribution in [0.5, 0.6) is 0 Å². The van der Waals surface area contributed by atoms with E-state index in [1.807, 2.05) is 18.2 Å². The van der Waals surface area contributed by atoms with E-state index in [4.69, 9.17) is 22.1 Å². The van der Waals surface area contributed by atoms with Crippen LogP contribution in [0.3, 0.4) is 0 Å². The zero-order valence-corrected chi connectivity index (χ0v) is 18.5. The summed E-state index contributed by atoms with van der Waals surface area (Å²) in [6.07, 6.45) is -1.44. The Balaban J connectivity index is 3.09. The van der Waals surface area contributed by atoms with Crippen LogP contribution < -0.4 is 5.32 Å². The maximum Gasteiger partial charge on any atom is 0.356 e. The first-order valence-corrected chi connectivity index (χ1v) is 10.2. The Morgan fingerprint density at radius 3 is 2.43 bits per heavy atom. The van der Waals surface area contributed by atoms with Crippen molar-refractivity contribution in [2.24, 2.45) is 5.41 Å². The van der Waals surface area contributed by atoms with Crippen LogP contribution in [0.15, 0.2) is 30.3 Å². The minimum absolute atomic E-state index is 0.0257. The number of benzene rings is 1. The number of methoxy groups -OCH3 is 2. The molecule has 0 saturated carbocycles. The number of rotatable bonds is 11. The second-order valence-corrected chi connectivity index (χ2v) is 8.56. The van der Waals surface area contributed by atoms with Gasteiger partial charge in [-0.25, -0.2) is 4.79 Å². The summed E-state index contributed by atoms with van der Waals surface area (Å²) >= 11 is 6.51. The average Bonchev–Trinajstić information content (AvgIpc) is 2.75. The number of thiocarbonyl (C=S) groups is 1. The van der Waals surface area contributed by atoms with Crippen molar-refractivity contribution in [3.63, 3.8) is 0 Å². The van der Waals surface area contributed by atoms with E-state index in [0.29, 0.717) is 4.20 Å². The fraction of sp³-hybridized carbons (Fsp3) is 0.450. The minimum Gasteiger partial charge on any atom is -0.481 e. The first-order valence-electron chi connectivity index (χ1n) is 8.96. The third kappa shape index (κ3) is 8.10. The van der Waals surface area contributed by atoms with Gasteiger partial charge >= 0.3 is 11.9 Å². The van der Waals surface area contributed by atoms with E-state index in [1.54, 1.807) is 19.1 Å². The summed E-state index contributed by atoms with van der Waals surface area (Å²) in [4.78, 5) is 35.6. The number of amides is 1. The molecule has 0 spiro atoms. The Morgan fingerprint density at radius 1 is 1.30 bits per heavy atom. The predicted octanol–water partition coefficient (Wildman–Crippen LogP) is 2.51. The highest BCUT2D eigenvalue weighted by atomic mass is 32.2. The summed E-state index contributed by atoms with van der Waals surface area (Å²) in [5.41, 5.74) is -0.358. The van der Waals surface area contributed by atoms with Gasteiger partial charge in [-0.1, -0.05) is 42.5 Å². The zero-order valence-electron chi connectivity index (χ0n) is 16.9. The highest BCUT2D eigenvalue weighted by Gasteiger charge is 2.35. The second kappa shape index (κ2) is 12.3. The number of ether oxygens (including phenoxy) is 2. The molecule has 0 saturated heterocycles. The number of aliphatic carboxylic acids is 1. The van der Waals surface area contributed by atoms with Gasteiger partial charge < -0.3 is 19.9 Å². The molecule has 3 atom stereocenters. The third-order valence-corrected chi connectivity index (χ3v) is 5.91. The molecule has 1 aromatic carbocycles. The van der Waals surface area contributed by atoms with Gasteiger partial charge in [0.2, 0.25) is 12.1 Å². The van der Waals surface area contributed by atoms with Gasteiger partial charge in [-0.05, 0) is 25.3 Å². The molecular formula is C20H24N2O6S2. The predicted molar refractivity (Wildman–Crippen MR) is 116 cm³/mol. The van der Waals surface area contributed by atoms with Crippen LogP contribution in [0.25, 0.3) is 0 Å². The summed E-state index contributed by atoms with van der Waals surface area (Å²) in [6, 6.07) is 11.2. The Labute approximate surface area is 184 Å². The molecule has 0 heterocycles. The van der Waals surface area contributed by atoms with Gasteiger partial charge in [-0.2, -0.15) is 5.26 Å². The standard InChI is InChI=1S/C20H24N2O6S2/c1-20(12-21,10-9-15(23)24)11-14(16(25)22-17(27-2)18(26)28-3)30-19(29)13-7-5-4-6-8-13/h4-8,14,17H,9-11H2,1-3H3,(H,22,25)(H,23,24). The molecule has 162 valence electrons. The number of carbonyl (C=O) groups excluding carboxylic acids is 2. The maximum absolute atomic E-state index is 12.9. The van der Waals surface area contributed by atoms with Crippen molar-refractivity contribution in [2.45, 2.75) is 37.7 Å². The molecule has 1 aromatic rings. The van der Waals surface area contributed by atoms with Gasteiger partial charge in [0.1, 0.15) is 0 Å². The summed E-state index contributed by atoms with van der Waals surface area (Å²) in [5, 5.41) is 20.2. The van der Waals surface area contributed by atoms with Crippen molar-refractivity contribution in [2.75, 3.05) is 14.2 Å². The first-order chi connectivity index (χ1) is 14.2. The summed E-state index contributed by atoms with van der Waals surface area (Å²) in [5.74, 6) is -2.39. The molecule has 0 aliphatic heterocycles. The Bertz CT molecular complexity index is 811. The number of nitrogens with zero attached hydrogens (tertiary/aromatic N) is 1. The number of nitriles is 1. The van der Waals surface area contributed by atoms with Crippen molar-refractivity contribution in [1.29, 1.82) is 5.26 Å². The molecule has 2 N–H and O–H groups in total. The summed E-state index contributed by atoms with van der Waals surface area (Å²) in [6.45, 7) is 1.59. The Morgan fingerprint density at radius 2 is 1.93 bits per heavy atom. The smallest absolute Gasteiger partial charge is 0.356 e. The van der Waals surface area contributed by atoms with E-state index in [-0.39, 0.29) is 19.3 Å². The van der Waals surface area contributed by atoms with Gasteiger partial charge in [0.15, 0.2) is 0 Å². The maximum atomic E-state index is 12.9. The number of carboxylic acid groups (broad SMARTS) is 1. The van der Waals surface area contributed by atoms with Crippen molar-refractivity contribution in [3.05, 3.63) is 35.9 Å². The van der Waals surface area contributed by atoms with Crippen molar-refractivity contribution < 1.29 is 29.0 Å². The SMILES string of the molecule is COC(=O)C(NC(=O)C(CC(C)(C#N)CCC(=O)O)SC(=S)c1ccccc1)OC. The quantitative estimate of drug-likeness (QED) is 0.296. The van der Waals surface area contributed by atoms with Gasteiger partial charge in [0, 0.05) is 13.5 Å². The fourth-order valence-corrected chi connectivity index (χ4v) is 4.14. The number of carbonyl (C=O) groups is 3. The van der Waals surface area contributed by atoms with Crippen LogP contribution >= 0.6 is 24.0 Å². The molecule has 10 heteroatoms. The molecule has 30 heavy (non-hydrogen) atoms. The lowest BCUT2D eigenvalue weighted by Crippen LogP contribution is -2.47. The van der Waals surface area contributed by atoms with E-state index < -0.39 is 34.7 Å². The minimum atomic E-state index is -1.32. The highest BCUT2D eigenvalue weighted by Crippen LogP contribution is 2.34. The zero-order chi connectivity index (χ0) is 22.7. The molecule has 8 nitrogen and oxygen atoms in total. The molecule has 1 amide bonds. The van der Waals surface area contributed by atoms with Crippen LogP contribution in [0.4, 0.5) is 0 Å². The van der Waals surface area contributed by atoms with Gasteiger partial charge in [-0.3, -0.25) is 9.59 Å². The topological polar surface area (TPSA) is 126 Å². The second-order valence-electron chi connectivity index (χ2n) is 6.68. The summed E-state index contributed by atoms with van der Waals surface area (Å²) < 4.78 is 9.98. The number of nitrogens with one attached hydrogen (secondary N) is 1. The summed E-state index contributed by atoms with van der Waals surface area (Å²) in [7, 11) is 2.40. The number of esters is 1. The van der Waals surface area contributed by atoms with Gasteiger partial charge in [-0.15, -0.1) is 11.8 Å². The molecule has 0 radical (unpaired) electrons. The molecule has 0 aliphatic rings. The van der Waals surface area contributed by atoms with Crippen molar-refractivity contribution in [3.8, 4) is 6.07 Å². The lowest BCUT2D eigenvalue weighted by molar-refractivity contribution is -0.156. The van der Waals surface area contributed by atoms with E-state index in [1.165, 1.54) is 7.11 Å². The molecule has 0 bridgehead atoms. The van der Waals surface area contributed by atoms with Crippen LogP contribution in [-0.4, -0.2) is 52.8 Å². The largest absolute Gasteiger partial charge is 0.481 e. The lowest BCUT2D eigenvalue weighted by Gasteiger charge is -2.27. The van der Waals surface area contributed by atoms with E-state index in [9.17, 15) is 19.6 Å². The van der Waals surface area contributed by atoms with Gasteiger partial charge in [0.25, 0.3) is 0 Å². The third-order valence-electron chi connectivity index (χ3n) is 4.27. The molecular weight excluding hydrogens is 428 g/mol. The lowest BCUT2D eigenvalue weighted by atomic mass is 9.82. The Hall–Kier alpha value is -2.48. The van der Waals surface area contributed by atoms with E-state index in [0.717, 1.165) is 24.4 Å².